The van der Waals surface area contributed by atoms with E-state index in [2.05, 4.69) is 33.1 Å². The fraction of sp³-hybridized carbons (Fsp3) is 0.286. The van der Waals surface area contributed by atoms with Gasteiger partial charge in [-0.3, -0.25) is 4.79 Å². The molecule has 3 aromatic carbocycles. The van der Waals surface area contributed by atoms with Gasteiger partial charge in [-0.1, -0.05) is 36.7 Å². The van der Waals surface area contributed by atoms with Gasteiger partial charge in [0.05, 0.1) is 29.6 Å². The molecule has 0 heterocycles. The van der Waals surface area contributed by atoms with E-state index >= 15 is 0 Å². The van der Waals surface area contributed by atoms with E-state index in [0.717, 1.165) is 21.1 Å². The van der Waals surface area contributed by atoms with Gasteiger partial charge in [-0.05, 0) is 84.8 Å². The molecule has 3 rings (SSSR count). The van der Waals surface area contributed by atoms with Crippen molar-refractivity contribution in [1.29, 1.82) is 0 Å². The number of hydrogen-bond acceptors (Lipinski definition) is 6. The molecule has 7 nitrogen and oxygen atoms in total. The lowest BCUT2D eigenvalue weighted by molar-refractivity contribution is 0.0954. The molecule has 3 aromatic rings. The van der Waals surface area contributed by atoms with Gasteiger partial charge in [0.2, 0.25) is 0 Å². The molecule has 0 spiro atoms. The molecule has 0 unspecified atom stereocenters. The van der Waals surface area contributed by atoms with Crippen LogP contribution in [0.3, 0.4) is 0 Å². The molecule has 0 aliphatic rings. The molecule has 9 heteroatoms. The number of amides is 1. The van der Waals surface area contributed by atoms with E-state index in [1.165, 1.54) is 0 Å². The maximum atomic E-state index is 12.7. The van der Waals surface area contributed by atoms with Gasteiger partial charge in [0.1, 0.15) is 6.61 Å². The van der Waals surface area contributed by atoms with E-state index in [1.807, 2.05) is 57.2 Å². The number of benzene rings is 3. The molecule has 0 aromatic heterocycles. The Balaban J connectivity index is 1.71. The molecule has 0 fully saturated rings. The third-order valence-corrected chi connectivity index (χ3v) is 6.18. The van der Waals surface area contributed by atoms with Gasteiger partial charge in [0.15, 0.2) is 23.0 Å². The zero-order valence-electron chi connectivity index (χ0n) is 21.1. The van der Waals surface area contributed by atoms with Crippen LogP contribution < -0.4 is 24.4 Å². The van der Waals surface area contributed by atoms with Crippen LogP contribution in [0.2, 0.25) is 5.02 Å². The number of ether oxygens (including phenoxy) is 4. The van der Waals surface area contributed by atoms with E-state index in [1.54, 1.807) is 24.4 Å². The fourth-order valence-corrected chi connectivity index (χ4v) is 4.28. The van der Waals surface area contributed by atoms with Crippen molar-refractivity contribution in [2.75, 3.05) is 19.8 Å². The van der Waals surface area contributed by atoms with Gasteiger partial charge in [-0.25, -0.2) is 5.43 Å². The number of halogens is 2. The van der Waals surface area contributed by atoms with E-state index < -0.39 is 0 Å². The van der Waals surface area contributed by atoms with Crippen LogP contribution in [0.15, 0.2) is 59.7 Å². The second-order valence-corrected chi connectivity index (χ2v) is 9.35. The van der Waals surface area contributed by atoms with Crippen molar-refractivity contribution >= 4 is 46.3 Å². The first-order valence-corrected chi connectivity index (χ1v) is 13.5. The van der Waals surface area contributed by atoms with Crippen LogP contribution in [0.25, 0.3) is 0 Å². The smallest absolute Gasteiger partial charge is 0.271 e. The molecule has 0 bridgehead atoms. The van der Waals surface area contributed by atoms with E-state index in [0.29, 0.717) is 60.0 Å². The number of rotatable bonds is 13. The van der Waals surface area contributed by atoms with Gasteiger partial charge in [-0.2, -0.15) is 5.10 Å². The topological polar surface area (TPSA) is 78.4 Å². The Bertz CT molecular complexity index is 1240. The van der Waals surface area contributed by atoms with E-state index in [4.69, 9.17) is 30.5 Å². The quantitative estimate of drug-likeness (QED) is 0.126. The SMILES string of the molecule is CCCOc1ccc(C(=O)N/N=C/c2cc(I)c(OCc3ccccc3Cl)c(OCC)c2)cc1OCC. The summed E-state index contributed by atoms with van der Waals surface area (Å²) in [6.45, 7) is 7.63. The number of hydrogen-bond donors (Lipinski definition) is 1. The normalized spacial score (nSPS) is 10.8. The summed E-state index contributed by atoms with van der Waals surface area (Å²) in [6.07, 6.45) is 2.43. The van der Waals surface area contributed by atoms with Crippen LogP contribution in [0, 0.1) is 3.57 Å². The van der Waals surface area contributed by atoms with Gasteiger partial charge in [0.25, 0.3) is 5.91 Å². The largest absolute Gasteiger partial charge is 0.490 e. The molecule has 1 amide bonds. The third kappa shape index (κ3) is 8.26. The third-order valence-electron chi connectivity index (χ3n) is 5.01. The number of hydrazone groups is 1. The number of nitrogens with zero attached hydrogens (tertiary/aromatic N) is 1. The summed E-state index contributed by atoms with van der Waals surface area (Å²) >= 11 is 8.45. The summed E-state index contributed by atoms with van der Waals surface area (Å²) in [5.41, 5.74) is 4.61. The zero-order valence-corrected chi connectivity index (χ0v) is 24.0. The number of carbonyl (C=O) groups excluding carboxylic acids is 1. The first-order valence-electron chi connectivity index (χ1n) is 12.0. The Morgan fingerprint density at radius 3 is 2.43 bits per heavy atom. The van der Waals surface area contributed by atoms with Crippen LogP contribution in [0.4, 0.5) is 0 Å². The second-order valence-electron chi connectivity index (χ2n) is 7.79. The first-order chi connectivity index (χ1) is 18.0. The minimum atomic E-state index is -0.362. The standard InChI is InChI=1S/C28H30ClIN2O5/c1-4-13-36-24-12-11-20(16-25(24)34-5-2)28(33)32-31-17-19-14-23(30)27(26(15-19)35-6-3)37-18-21-9-7-8-10-22(21)29/h7-12,14-17H,4-6,13,18H2,1-3H3,(H,32,33)/b31-17+. The van der Waals surface area contributed by atoms with Crippen molar-refractivity contribution in [3.05, 3.63) is 79.9 Å². The van der Waals surface area contributed by atoms with Crippen LogP contribution in [0.1, 0.15) is 48.7 Å². The van der Waals surface area contributed by atoms with Crippen molar-refractivity contribution < 1.29 is 23.7 Å². The monoisotopic (exact) mass is 636 g/mol. The molecule has 37 heavy (non-hydrogen) atoms. The molecule has 196 valence electrons. The maximum absolute atomic E-state index is 12.7. The van der Waals surface area contributed by atoms with Gasteiger partial charge in [0, 0.05) is 16.1 Å². The Labute approximate surface area is 236 Å². The average molecular weight is 637 g/mol. The van der Waals surface area contributed by atoms with E-state index in [-0.39, 0.29) is 5.91 Å². The maximum Gasteiger partial charge on any atom is 0.271 e. The summed E-state index contributed by atoms with van der Waals surface area (Å²) in [4.78, 5) is 12.7. The predicted molar refractivity (Wildman–Crippen MR) is 155 cm³/mol. The molecule has 0 atom stereocenters. The lowest BCUT2D eigenvalue weighted by Gasteiger charge is -2.15. The Morgan fingerprint density at radius 2 is 1.70 bits per heavy atom. The van der Waals surface area contributed by atoms with Crippen LogP contribution >= 0.6 is 34.2 Å². The zero-order chi connectivity index (χ0) is 26.6. The highest BCUT2D eigenvalue weighted by molar-refractivity contribution is 14.1. The fourth-order valence-electron chi connectivity index (χ4n) is 3.31. The predicted octanol–water partition coefficient (Wildman–Crippen LogP) is 6.87. The summed E-state index contributed by atoms with van der Waals surface area (Å²) in [5.74, 6) is 1.98. The number of carbonyl (C=O) groups is 1. The van der Waals surface area contributed by atoms with E-state index in [9.17, 15) is 4.79 Å². The summed E-state index contributed by atoms with van der Waals surface area (Å²) in [7, 11) is 0. The first kappa shape index (κ1) is 28.6. The molecule has 0 saturated heterocycles. The lowest BCUT2D eigenvalue weighted by atomic mass is 10.2. The molecule has 0 aliphatic heterocycles. The average Bonchev–Trinajstić information content (AvgIpc) is 2.88. The Hall–Kier alpha value is -2.98. The summed E-state index contributed by atoms with van der Waals surface area (Å²) in [6, 6.07) is 16.3. The lowest BCUT2D eigenvalue weighted by Crippen LogP contribution is -2.18. The second kappa shape index (κ2) is 14.7. The molecular weight excluding hydrogens is 607 g/mol. The molecular formula is C28H30ClIN2O5. The molecule has 0 saturated carbocycles. The summed E-state index contributed by atoms with van der Waals surface area (Å²) < 4.78 is 24.0. The molecule has 0 radical (unpaired) electrons. The van der Waals surface area contributed by atoms with Gasteiger partial charge < -0.3 is 18.9 Å². The highest BCUT2D eigenvalue weighted by Gasteiger charge is 2.14. The minimum Gasteiger partial charge on any atom is -0.490 e. The highest BCUT2D eigenvalue weighted by atomic mass is 127. The van der Waals surface area contributed by atoms with Crippen molar-refractivity contribution in [2.24, 2.45) is 5.10 Å². The number of nitrogens with one attached hydrogen (secondary N) is 1. The van der Waals surface area contributed by atoms with Gasteiger partial charge >= 0.3 is 0 Å². The van der Waals surface area contributed by atoms with Crippen LogP contribution in [0.5, 0.6) is 23.0 Å². The van der Waals surface area contributed by atoms with Crippen molar-refractivity contribution in [2.45, 2.75) is 33.8 Å². The minimum absolute atomic E-state index is 0.311. The van der Waals surface area contributed by atoms with Crippen molar-refractivity contribution in [3.63, 3.8) is 0 Å². The Morgan fingerprint density at radius 1 is 0.946 bits per heavy atom. The molecule has 1 N–H and O–H groups in total. The van der Waals surface area contributed by atoms with Gasteiger partial charge in [-0.15, -0.1) is 0 Å². The Kier molecular flexibility index (Phi) is 11.3. The summed E-state index contributed by atoms with van der Waals surface area (Å²) in [5, 5.41) is 4.77. The van der Waals surface area contributed by atoms with Crippen molar-refractivity contribution in [1.82, 2.24) is 5.43 Å². The van der Waals surface area contributed by atoms with Crippen LogP contribution in [-0.2, 0) is 6.61 Å². The highest BCUT2D eigenvalue weighted by Crippen LogP contribution is 2.35. The molecule has 0 aliphatic carbocycles. The van der Waals surface area contributed by atoms with Crippen LogP contribution in [-0.4, -0.2) is 31.9 Å². The van der Waals surface area contributed by atoms with Crippen molar-refractivity contribution in [3.8, 4) is 23.0 Å².